The van der Waals surface area contributed by atoms with Gasteiger partial charge in [0.25, 0.3) is 0 Å². The van der Waals surface area contributed by atoms with Gasteiger partial charge >= 0.3 is 0 Å². The summed E-state index contributed by atoms with van der Waals surface area (Å²) < 4.78 is 49.1. The van der Waals surface area contributed by atoms with Crippen molar-refractivity contribution in [1.82, 2.24) is 14.8 Å². The van der Waals surface area contributed by atoms with E-state index in [1.807, 2.05) is 12.1 Å². The maximum Gasteiger partial charge on any atom is 0.175 e. The summed E-state index contributed by atoms with van der Waals surface area (Å²) in [7, 11) is -6.33. The summed E-state index contributed by atoms with van der Waals surface area (Å²) in [6.45, 7) is 0. The van der Waals surface area contributed by atoms with Gasteiger partial charge in [-0.3, -0.25) is 5.41 Å². The number of rotatable bonds is 8. The van der Waals surface area contributed by atoms with Crippen LogP contribution in [0, 0.1) is 17.2 Å². The second-order valence-electron chi connectivity index (χ2n) is 11.8. The quantitative estimate of drug-likeness (QED) is 0.177. The van der Waals surface area contributed by atoms with Gasteiger partial charge in [-0.25, -0.2) is 31.5 Å². The third kappa shape index (κ3) is 14.0. The minimum absolute atomic E-state index is 0. The topological polar surface area (TPSA) is 161 Å². The third-order valence-corrected chi connectivity index (χ3v) is 11.2. The number of nitrogens with zero attached hydrogens (tertiary/aromatic N) is 4. The SMILES string of the molecule is C.C.CS(=O)(=O)c1ccc(CC2CCCCC2)c(-n2cncn2)c1.CS(=O)(=O)c1ccc(CC2CCCCC2)c(Br)c1.N=CN=CN. The molecule has 262 valence electrons. The summed E-state index contributed by atoms with van der Waals surface area (Å²) in [5.41, 5.74) is 7.90. The maximum atomic E-state index is 11.8. The molecule has 0 spiro atoms. The van der Waals surface area contributed by atoms with Crippen LogP contribution in [-0.2, 0) is 32.5 Å². The van der Waals surface area contributed by atoms with Crippen molar-refractivity contribution in [2.24, 2.45) is 22.6 Å². The first-order chi connectivity index (χ1) is 21.4. The Morgan fingerprint density at radius 3 is 1.74 bits per heavy atom. The van der Waals surface area contributed by atoms with Gasteiger partial charge in [-0.05, 0) is 60.1 Å². The minimum atomic E-state index is -3.23. The van der Waals surface area contributed by atoms with Crippen LogP contribution in [0.25, 0.3) is 5.69 Å². The molecule has 1 aromatic heterocycles. The van der Waals surface area contributed by atoms with Gasteiger partial charge in [-0.2, -0.15) is 5.10 Å². The van der Waals surface area contributed by atoms with Crippen molar-refractivity contribution >= 4 is 48.3 Å². The van der Waals surface area contributed by atoms with E-state index in [1.165, 1.54) is 88.6 Å². The number of aromatic nitrogens is 3. The molecule has 0 radical (unpaired) electrons. The number of halogens is 1. The third-order valence-electron chi connectivity index (χ3n) is 8.23. The van der Waals surface area contributed by atoms with Gasteiger partial charge in [0, 0.05) is 17.0 Å². The van der Waals surface area contributed by atoms with Crippen LogP contribution in [0.5, 0.6) is 0 Å². The lowest BCUT2D eigenvalue weighted by atomic mass is 9.84. The molecular weight excluding hydrogens is 700 g/mol. The van der Waals surface area contributed by atoms with Gasteiger partial charge in [0.15, 0.2) is 19.7 Å². The first-order valence-corrected chi connectivity index (χ1v) is 19.9. The molecule has 13 heteroatoms. The summed E-state index contributed by atoms with van der Waals surface area (Å²) in [4.78, 5) is 7.86. The number of benzene rings is 2. The van der Waals surface area contributed by atoms with E-state index in [4.69, 9.17) is 11.1 Å². The monoisotopic (exact) mass is 752 g/mol. The number of hydrogen-bond acceptors (Lipinski definition) is 7. The number of nitrogens with two attached hydrogens (primary N) is 1. The van der Waals surface area contributed by atoms with Crippen LogP contribution in [0.3, 0.4) is 0 Å². The fourth-order valence-electron chi connectivity index (χ4n) is 5.86. The van der Waals surface area contributed by atoms with Crippen molar-refractivity contribution in [3.05, 3.63) is 64.7 Å². The maximum absolute atomic E-state index is 11.8. The zero-order chi connectivity index (χ0) is 32.9. The van der Waals surface area contributed by atoms with Crippen LogP contribution in [0.1, 0.15) is 90.2 Å². The predicted molar refractivity (Wildman–Crippen MR) is 197 cm³/mol. The molecule has 2 saturated carbocycles. The standard InChI is InChI=1S/C16H21N3O2S.C14H19BrO2S.C2H5N3.2CH4/c1-22(20,21)15-8-7-14(9-13-5-3-2-4-6-13)16(10-15)19-12-17-11-18-19;1-18(16,17)13-8-7-12(14(15)10-13)9-11-5-3-2-4-6-11;3-1-5-2-4;;/h7-8,10-13H,2-6,9H2,1H3;7-8,10-11H,2-6,9H2,1H3;1-2H,(H3,3,4,5);2*1H4. The molecule has 0 aliphatic heterocycles. The molecule has 10 nitrogen and oxygen atoms in total. The van der Waals surface area contributed by atoms with E-state index >= 15 is 0 Å². The van der Waals surface area contributed by atoms with Crippen LogP contribution in [0.15, 0.2) is 68.3 Å². The van der Waals surface area contributed by atoms with Crippen molar-refractivity contribution < 1.29 is 16.8 Å². The fourth-order valence-corrected chi connectivity index (χ4v) is 7.84. The minimum Gasteiger partial charge on any atom is -0.390 e. The zero-order valence-corrected chi connectivity index (χ0v) is 29.3. The lowest BCUT2D eigenvalue weighted by Crippen LogP contribution is -2.12. The lowest BCUT2D eigenvalue weighted by molar-refractivity contribution is 0.356. The predicted octanol–water partition coefficient (Wildman–Crippen LogP) is 7.62. The van der Waals surface area contributed by atoms with Crippen molar-refractivity contribution in [1.29, 1.82) is 5.41 Å². The van der Waals surface area contributed by atoms with Gasteiger partial charge in [-0.15, -0.1) is 0 Å². The average Bonchev–Trinajstić information content (AvgIpc) is 3.55. The highest BCUT2D eigenvalue weighted by Gasteiger charge is 2.19. The Kier molecular flexibility index (Phi) is 18.3. The summed E-state index contributed by atoms with van der Waals surface area (Å²) in [5, 5.41) is 10.4. The molecule has 1 heterocycles. The molecule has 47 heavy (non-hydrogen) atoms. The zero-order valence-electron chi connectivity index (χ0n) is 26.1. The molecule has 0 atom stereocenters. The smallest absolute Gasteiger partial charge is 0.175 e. The van der Waals surface area contributed by atoms with Crippen LogP contribution in [0.2, 0.25) is 0 Å². The van der Waals surface area contributed by atoms with Gasteiger partial charge < -0.3 is 5.73 Å². The summed E-state index contributed by atoms with van der Waals surface area (Å²) in [5.74, 6) is 1.44. The molecule has 2 aromatic carbocycles. The van der Waals surface area contributed by atoms with Gasteiger partial charge in [-0.1, -0.05) is 107 Å². The number of sulfone groups is 2. The van der Waals surface area contributed by atoms with Crippen molar-refractivity contribution in [3.63, 3.8) is 0 Å². The van der Waals surface area contributed by atoms with Crippen LogP contribution >= 0.6 is 15.9 Å². The lowest BCUT2D eigenvalue weighted by Gasteiger charge is -2.22. The Labute approximate surface area is 291 Å². The second-order valence-corrected chi connectivity index (χ2v) is 16.7. The molecule has 5 rings (SSSR count). The van der Waals surface area contributed by atoms with Crippen LogP contribution in [0.4, 0.5) is 0 Å². The van der Waals surface area contributed by atoms with E-state index in [0.29, 0.717) is 15.7 Å². The van der Waals surface area contributed by atoms with Gasteiger partial charge in [0.1, 0.15) is 19.0 Å². The first kappa shape index (κ1) is 42.1. The molecule has 0 amide bonds. The molecule has 0 bridgehead atoms. The average molecular weight is 754 g/mol. The number of nitrogens with one attached hydrogen (secondary N) is 1. The summed E-state index contributed by atoms with van der Waals surface area (Å²) >= 11 is 3.50. The Bertz CT molecular complexity index is 1620. The highest BCUT2D eigenvalue weighted by atomic mass is 79.9. The molecule has 2 aliphatic rings. The Morgan fingerprint density at radius 1 is 0.851 bits per heavy atom. The molecule has 3 N–H and O–H groups in total. The largest absolute Gasteiger partial charge is 0.390 e. The summed E-state index contributed by atoms with van der Waals surface area (Å²) in [6, 6.07) is 10.7. The van der Waals surface area contributed by atoms with Crippen molar-refractivity contribution in [3.8, 4) is 5.69 Å². The van der Waals surface area contributed by atoms with E-state index < -0.39 is 19.7 Å². The Hall–Kier alpha value is -2.90. The van der Waals surface area contributed by atoms with E-state index in [0.717, 1.165) is 47.2 Å². The van der Waals surface area contributed by atoms with E-state index in [-0.39, 0.29) is 14.9 Å². The molecule has 0 unspecified atom stereocenters. The normalized spacial score (nSPS) is 15.6. The molecule has 3 aromatic rings. The molecule has 0 saturated heterocycles. The van der Waals surface area contributed by atoms with Gasteiger partial charge in [0.05, 0.1) is 21.8 Å². The van der Waals surface area contributed by atoms with Crippen molar-refractivity contribution in [2.45, 2.75) is 102 Å². The van der Waals surface area contributed by atoms with Crippen molar-refractivity contribution in [2.75, 3.05) is 12.5 Å². The fraction of sp³-hybridized carbons (Fsp3) is 0.529. The Morgan fingerprint density at radius 2 is 1.34 bits per heavy atom. The first-order valence-electron chi connectivity index (χ1n) is 15.3. The number of hydrogen-bond donors (Lipinski definition) is 2. The molecular formula is C34H53BrN6O4S2. The Balaban J connectivity index is 0.000000402. The van der Waals surface area contributed by atoms with E-state index in [1.54, 1.807) is 35.3 Å². The van der Waals surface area contributed by atoms with E-state index in [2.05, 4.69) is 31.0 Å². The highest BCUT2D eigenvalue weighted by molar-refractivity contribution is 9.10. The van der Waals surface area contributed by atoms with Crippen LogP contribution < -0.4 is 5.73 Å². The molecule has 2 fully saturated rings. The highest BCUT2D eigenvalue weighted by Crippen LogP contribution is 2.31. The summed E-state index contributed by atoms with van der Waals surface area (Å²) in [6.07, 6.45) is 22.6. The van der Waals surface area contributed by atoms with E-state index in [9.17, 15) is 16.8 Å². The van der Waals surface area contributed by atoms with Gasteiger partial charge in [0.2, 0.25) is 0 Å². The number of aliphatic imine (C=N–C) groups is 1. The second kappa shape index (κ2) is 20.5. The molecule has 2 aliphatic carbocycles. The van der Waals surface area contributed by atoms with Crippen LogP contribution in [-0.4, -0.2) is 56.8 Å².